The van der Waals surface area contributed by atoms with Gasteiger partial charge < -0.3 is 9.47 Å². The molecule has 0 saturated carbocycles. The predicted molar refractivity (Wildman–Crippen MR) is 77.3 cm³/mol. The number of ether oxygens (including phenoxy) is 2. The van der Waals surface area contributed by atoms with Crippen molar-refractivity contribution in [3.05, 3.63) is 57.6 Å². The van der Waals surface area contributed by atoms with Gasteiger partial charge >= 0.3 is 0 Å². The van der Waals surface area contributed by atoms with Gasteiger partial charge in [0.05, 0.1) is 5.02 Å². The number of hydrogen-bond acceptors (Lipinski definition) is 3. The lowest BCUT2D eigenvalue weighted by Gasteiger charge is -2.19. The number of hydrogen-bond donors (Lipinski definition) is 0. The van der Waals surface area contributed by atoms with Crippen LogP contribution in [0, 0.1) is 0 Å². The van der Waals surface area contributed by atoms with Crippen LogP contribution < -0.4 is 9.47 Å². The smallest absolute Gasteiger partial charge is 0.194 e. The molecule has 0 spiro atoms. The summed E-state index contributed by atoms with van der Waals surface area (Å²) >= 11 is 12.1. The van der Waals surface area contributed by atoms with Crippen LogP contribution in [0.4, 0.5) is 0 Å². The first-order valence-electron chi connectivity index (χ1n) is 6.04. The molecule has 2 aromatic carbocycles. The van der Waals surface area contributed by atoms with Crippen molar-refractivity contribution in [1.29, 1.82) is 0 Å². The first-order chi connectivity index (χ1) is 9.65. The molecule has 0 radical (unpaired) electrons. The van der Waals surface area contributed by atoms with E-state index in [4.69, 9.17) is 32.7 Å². The Morgan fingerprint density at radius 2 is 1.70 bits per heavy atom. The van der Waals surface area contributed by atoms with Crippen molar-refractivity contribution in [1.82, 2.24) is 0 Å². The van der Waals surface area contributed by atoms with Crippen LogP contribution in [0.2, 0.25) is 10.0 Å². The van der Waals surface area contributed by atoms with E-state index in [-0.39, 0.29) is 5.78 Å². The van der Waals surface area contributed by atoms with E-state index in [1.54, 1.807) is 36.4 Å². The van der Waals surface area contributed by atoms with E-state index in [1.807, 2.05) is 0 Å². The van der Waals surface area contributed by atoms with Gasteiger partial charge in [-0.2, -0.15) is 0 Å². The van der Waals surface area contributed by atoms with E-state index in [1.165, 1.54) is 0 Å². The number of carbonyl (C=O) groups is 1. The van der Waals surface area contributed by atoms with Crippen molar-refractivity contribution in [3.63, 3.8) is 0 Å². The van der Waals surface area contributed by atoms with Crippen molar-refractivity contribution in [2.75, 3.05) is 13.2 Å². The molecule has 1 aliphatic rings. The van der Waals surface area contributed by atoms with Crippen molar-refractivity contribution in [3.8, 4) is 11.5 Å². The van der Waals surface area contributed by atoms with E-state index in [2.05, 4.69) is 0 Å². The monoisotopic (exact) mass is 308 g/mol. The van der Waals surface area contributed by atoms with E-state index in [0.717, 1.165) is 0 Å². The second-order valence-electron chi connectivity index (χ2n) is 4.32. The van der Waals surface area contributed by atoms with Gasteiger partial charge in [0.15, 0.2) is 17.3 Å². The molecule has 1 heterocycles. The Kier molecular flexibility index (Phi) is 3.55. The molecule has 3 rings (SSSR count). The Morgan fingerprint density at radius 1 is 1.00 bits per heavy atom. The van der Waals surface area contributed by atoms with Crippen molar-refractivity contribution < 1.29 is 14.3 Å². The van der Waals surface area contributed by atoms with E-state index < -0.39 is 0 Å². The van der Waals surface area contributed by atoms with Crippen LogP contribution in [0.5, 0.6) is 11.5 Å². The van der Waals surface area contributed by atoms with Gasteiger partial charge in [-0.1, -0.05) is 35.3 Å². The van der Waals surface area contributed by atoms with Crippen LogP contribution >= 0.6 is 23.2 Å². The maximum atomic E-state index is 12.5. The minimum absolute atomic E-state index is 0.200. The number of rotatable bonds is 2. The topological polar surface area (TPSA) is 35.5 Å². The molecule has 0 amide bonds. The van der Waals surface area contributed by atoms with Gasteiger partial charge in [-0.25, -0.2) is 0 Å². The maximum Gasteiger partial charge on any atom is 0.194 e. The average Bonchev–Trinajstić information content (AvgIpc) is 2.46. The van der Waals surface area contributed by atoms with Gasteiger partial charge in [0, 0.05) is 22.2 Å². The van der Waals surface area contributed by atoms with E-state index >= 15 is 0 Å². The lowest BCUT2D eigenvalue weighted by atomic mass is 10.0. The number of fused-ring (bicyclic) bond motifs is 1. The van der Waals surface area contributed by atoms with Crippen LogP contribution in [0.1, 0.15) is 15.9 Å². The molecular weight excluding hydrogens is 299 g/mol. The summed E-state index contributed by atoms with van der Waals surface area (Å²) in [5, 5.41) is 0.837. The SMILES string of the molecule is O=C(c1cccc(Cl)c1)c1cc2c(cc1Cl)OCCO2. The van der Waals surface area contributed by atoms with Gasteiger partial charge in [0.2, 0.25) is 0 Å². The summed E-state index contributed by atoms with van der Waals surface area (Å²) in [5.41, 5.74) is 0.856. The van der Waals surface area contributed by atoms with Crippen molar-refractivity contribution in [2.45, 2.75) is 0 Å². The van der Waals surface area contributed by atoms with Gasteiger partial charge in [-0.05, 0) is 18.2 Å². The molecule has 102 valence electrons. The zero-order chi connectivity index (χ0) is 14.1. The van der Waals surface area contributed by atoms with Crippen LogP contribution in [0.3, 0.4) is 0 Å². The fourth-order valence-electron chi connectivity index (χ4n) is 2.02. The third-order valence-corrected chi connectivity index (χ3v) is 3.51. The minimum Gasteiger partial charge on any atom is -0.486 e. The quantitative estimate of drug-likeness (QED) is 0.787. The highest BCUT2D eigenvalue weighted by Gasteiger charge is 2.20. The average molecular weight is 309 g/mol. The molecule has 0 unspecified atom stereocenters. The molecule has 3 nitrogen and oxygen atoms in total. The highest BCUT2D eigenvalue weighted by atomic mass is 35.5. The third kappa shape index (κ3) is 2.47. The lowest BCUT2D eigenvalue weighted by molar-refractivity contribution is 0.103. The molecule has 0 saturated heterocycles. The highest BCUT2D eigenvalue weighted by molar-refractivity contribution is 6.35. The molecule has 2 aromatic rings. The van der Waals surface area contributed by atoms with E-state index in [9.17, 15) is 4.79 Å². The Morgan fingerprint density at radius 3 is 2.40 bits per heavy atom. The molecule has 20 heavy (non-hydrogen) atoms. The largest absolute Gasteiger partial charge is 0.486 e. The summed E-state index contributed by atoms with van der Waals surface area (Å²) in [6, 6.07) is 9.96. The van der Waals surface area contributed by atoms with Gasteiger partial charge in [-0.3, -0.25) is 4.79 Å². The molecule has 0 aromatic heterocycles. The molecule has 0 aliphatic carbocycles. The van der Waals surface area contributed by atoms with Gasteiger partial charge in [0.25, 0.3) is 0 Å². The second kappa shape index (κ2) is 5.35. The molecular formula is C15H10Cl2O3. The normalized spacial score (nSPS) is 13.1. The number of carbonyl (C=O) groups excluding carboxylic acids is 1. The molecule has 0 fully saturated rings. The van der Waals surface area contributed by atoms with Crippen molar-refractivity contribution in [2.24, 2.45) is 0 Å². The zero-order valence-electron chi connectivity index (χ0n) is 10.4. The van der Waals surface area contributed by atoms with Gasteiger partial charge in [0.1, 0.15) is 13.2 Å². The Labute approximate surface area is 126 Å². The number of benzene rings is 2. The zero-order valence-corrected chi connectivity index (χ0v) is 11.9. The Hall–Kier alpha value is -1.71. The number of ketones is 1. The number of halogens is 2. The summed E-state index contributed by atoms with van der Waals surface area (Å²) in [6.07, 6.45) is 0. The minimum atomic E-state index is -0.200. The fourth-order valence-corrected chi connectivity index (χ4v) is 2.45. The summed E-state index contributed by atoms with van der Waals surface area (Å²) < 4.78 is 10.9. The first kappa shape index (κ1) is 13.3. The second-order valence-corrected chi connectivity index (χ2v) is 5.16. The van der Waals surface area contributed by atoms with Crippen molar-refractivity contribution >= 4 is 29.0 Å². The first-order valence-corrected chi connectivity index (χ1v) is 6.80. The van der Waals surface area contributed by atoms with Crippen LogP contribution in [-0.4, -0.2) is 19.0 Å². The summed E-state index contributed by atoms with van der Waals surface area (Å²) in [4.78, 5) is 12.5. The summed E-state index contributed by atoms with van der Waals surface area (Å²) in [6.45, 7) is 0.935. The van der Waals surface area contributed by atoms with E-state index in [0.29, 0.717) is 45.9 Å². The molecule has 0 N–H and O–H groups in total. The predicted octanol–water partition coefficient (Wildman–Crippen LogP) is 4.00. The van der Waals surface area contributed by atoms with Crippen LogP contribution in [-0.2, 0) is 0 Å². The molecule has 0 bridgehead atoms. The summed E-state index contributed by atoms with van der Waals surface area (Å²) in [5.74, 6) is 0.893. The lowest BCUT2D eigenvalue weighted by Crippen LogP contribution is -2.16. The van der Waals surface area contributed by atoms with Crippen LogP contribution in [0.25, 0.3) is 0 Å². The molecule has 5 heteroatoms. The Bertz CT molecular complexity index is 683. The third-order valence-electron chi connectivity index (χ3n) is 2.96. The standard InChI is InChI=1S/C15H10Cl2O3/c16-10-3-1-2-9(6-10)15(18)11-7-13-14(8-12(11)17)20-5-4-19-13/h1-3,6-8H,4-5H2. The maximum absolute atomic E-state index is 12.5. The fraction of sp³-hybridized carbons (Fsp3) is 0.133. The van der Waals surface area contributed by atoms with Crippen LogP contribution in [0.15, 0.2) is 36.4 Å². The summed E-state index contributed by atoms with van der Waals surface area (Å²) in [7, 11) is 0. The highest BCUT2D eigenvalue weighted by Crippen LogP contribution is 2.36. The Balaban J connectivity index is 2.03. The van der Waals surface area contributed by atoms with Gasteiger partial charge in [-0.15, -0.1) is 0 Å². The molecule has 0 atom stereocenters. The molecule has 1 aliphatic heterocycles.